The van der Waals surface area contributed by atoms with E-state index in [2.05, 4.69) is 20.6 Å². The van der Waals surface area contributed by atoms with Crippen LogP contribution in [0.1, 0.15) is 15.9 Å². The molecule has 126 valence electrons. The van der Waals surface area contributed by atoms with Gasteiger partial charge in [-0.15, -0.1) is 0 Å². The van der Waals surface area contributed by atoms with Gasteiger partial charge in [-0.3, -0.25) is 9.78 Å². The summed E-state index contributed by atoms with van der Waals surface area (Å²) >= 11 is 11.8. The van der Waals surface area contributed by atoms with Gasteiger partial charge in [-0.05, 0) is 54.1 Å². The molecule has 1 aromatic carbocycles. The van der Waals surface area contributed by atoms with E-state index in [1.165, 1.54) is 0 Å². The minimum Gasteiger partial charge on any atom is -0.365 e. The molecule has 7 heteroatoms. The van der Waals surface area contributed by atoms with Gasteiger partial charge in [-0.2, -0.15) is 0 Å². The summed E-state index contributed by atoms with van der Waals surface area (Å²) in [5, 5.41) is 6.86. The van der Waals surface area contributed by atoms with Crippen molar-refractivity contribution < 1.29 is 4.79 Å². The molecule has 2 heterocycles. The first-order valence-electron chi connectivity index (χ1n) is 7.48. The first-order chi connectivity index (χ1) is 12.1. The number of anilines is 2. The Kier molecular flexibility index (Phi) is 5.48. The first-order valence-corrected chi connectivity index (χ1v) is 8.23. The zero-order valence-corrected chi connectivity index (χ0v) is 14.6. The second-order valence-corrected chi connectivity index (χ2v) is 6.02. The van der Waals surface area contributed by atoms with Crippen LogP contribution in [-0.4, -0.2) is 15.9 Å². The van der Waals surface area contributed by atoms with Gasteiger partial charge in [0.1, 0.15) is 11.0 Å². The molecule has 0 fully saturated rings. The second-order valence-electron chi connectivity index (χ2n) is 5.20. The van der Waals surface area contributed by atoms with Crippen molar-refractivity contribution >= 4 is 40.6 Å². The fourth-order valence-electron chi connectivity index (χ4n) is 2.17. The number of carbonyl (C=O) groups excluding carboxylic acids is 1. The number of halogens is 2. The Morgan fingerprint density at radius 1 is 0.960 bits per heavy atom. The fraction of sp³-hybridized carbons (Fsp3) is 0.0556. The van der Waals surface area contributed by atoms with Gasteiger partial charge in [-0.25, -0.2) is 4.98 Å². The zero-order valence-electron chi connectivity index (χ0n) is 13.0. The fourth-order valence-corrected chi connectivity index (χ4v) is 2.44. The summed E-state index contributed by atoms with van der Waals surface area (Å²) in [6.45, 7) is 0.497. The Labute approximate surface area is 155 Å². The number of nitrogens with zero attached hydrogens (tertiary/aromatic N) is 2. The smallest absolute Gasteiger partial charge is 0.259 e. The van der Waals surface area contributed by atoms with Gasteiger partial charge in [0.2, 0.25) is 0 Å². The Hall–Kier alpha value is -2.63. The van der Waals surface area contributed by atoms with Crippen molar-refractivity contribution in [2.45, 2.75) is 6.54 Å². The second kappa shape index (κ2) is 7.96. The molecule has 0 aliphatic heterocycles. The average molecular weight is 373 g/mol. The number of hydrogen-bond donors (Lipinski definition) is 2. The van der Waals surface area contributed by atoms with Crippen molar-refractivity contribution in [1.82, 2.24) is 9.97 Å². The van der Waals surface area contributed by atoms with Crippen molar-refractivity contribution in [2.75, 3.05) is 10.6 Å². The van der Waals surface area contributed by atoms with Crippen LogP contribution < -0.4 is 10.6 Å². The maximum atomic E-state index is 12.6. The van der Waals surface area contributed by atoms with Crippen LogP contribution in [0.15, 0.2) is 60.9 Å². The molecule has 0 unspecified atom stereocenters. The quantitative estimate of drug-likeness (QED) is 0.639. The van der Waals surface area contributed by atoms with Crippen LogP contribution in [0, 0.1) is 0 Å². The molecular weight excluding hydrogens is 359 g/mol. The summed E-state index contributed by atoms with van der Waals surface area (Å²) in [5.74, 6) is 0.125. The molecule has 2 aromatic heterocycles. The predicted molar refractivity (Wildman–Crippen MR) is 100 cm³/mol. The van der Waals surface area contributed by atoms with Crippen molar-refractivity contribution in [3.8, 4) is 0 Å². The maximum Gasteiger partial charge on any atom is 0.259 e. The number of carbonyl (C=O) groups is 1. The largest absolute Gasteiger partial charge is 0.365 e. The minimum atomic E-state index is -0.288. The SMILES string of the molecule is O=C(Nc1ccc(Cl)cc1)c1ccc(Cl)nc1NCc1ccncc1. The molecule has 0 saturated heterocycles. The number of aromatic nitrogens is 2. The normalized spacial score (nSPS) is 10.3. The highest BCUT2D eigenvalue weighted by Gasteiger charge is 2.14. The van der Waals surface area contributed by atoms with Crippen LogP contribution >= 0.6 is 23.2 Å². The number of rotatable bonds is 5. The van der Waals surface area contributed by atoms with Crippen molar-refractivity contribution in [2.24, 2.45) is 0 Å². The molecule has 3 rings (SSSR count). The Bertz CT molecular complexity index is 870. The number of pyridine rings is 2. The van der Waals surface area contributed by atoms with Gasteiger partial charge in [-0.1, -0.05) is 23.2 Å². The molecule has 3 aromatic rings. The lowest BCUT2D eigenvalue weighted by atomic mass is 10.2. The highest BCUT2D eigenvalue weighted by Crippen LogP contribution is 2.20. The molecule has 2 N–H and O–H groups in total. The number of amides is 1. The highest BCUT2D eigenvalue weighted by molar-refractivity contribution is 6.30. The van der Waals surface area contributed by atoms with Gasteiger partial charge in [0.05, 0.1) is 5.56 Å². The van der Waals surface area contributed by atoms with Crippen molar-refractivity contribution in [1.29, 1.82) is 0 Å². The Balaban J connectivity index is 1.78. The van der Waals surface area contributed by atoms with Gasteiger partial charge in [0, 0.05) is 29.6 Å². The topological polar surface area (TPSA) is 66.9 Å². The van der Waals surface area contributed by atoms with E-state index in [0.717, 1.165) is 5.56 Å². The summed E-state index contributed by atoms with van der Waals surface area (Å²) in [6.07, 6.45) is 3.41. The molecule has 0 atom stereocenters. The third kappa shape index (κ3) is 4.68. The van der Waals surface area contributed by atoms with Gasteiger partial charge < -0.3 is 10.6 Å². The lowest BCUT2D eigenvalue weighted by molar-refractivity contribution is 0.102. The molecule has 0 bridgehead atoms. The summed E-state index contributed by atoms with van der Waals surface area (Å²) in [4.78, 5) is 20.8. The number of nitrogens with one attached hydrogen (secondary N) is 2. The summed E-state index contributed by atoms with van der Waals surface area (Å²) in [6, 6.07) is 13.8. The van der Waals surface area contributed by atoms with E-state index in [-0.39, 0.29) is 5.91 Å². The van der Waals surface area contributed by atoms with E-state index in [1.807, 2.05) is 12.1 Å². The molecule has 25 heavy (non-hydrogen) atoms. The summed E-state index contributed by atoms with van der Waals surface area (Å²) < 4.78 is 0. The molecule has 0 spiro atoms. The average Bonchev–Trinajstić information content (AvgIpc) is 2.63. The first kappa shape index (κ1) is 17.2. The van der Waals surface area contributed by atoms with Crippen molar-refractivity contribution in [3.05, 3.63) is 82.2 Å². The third-order valence-electron chi connectivity index (χ3n) is 3.42. The zero-order chi connectivity index (χ0) is 17.6. The highest BCUT2D eigenvalue weighted by atomic mass is 35.5. The molecule has 0 radical (unpaired) electrons. The van der Waals surface area contributed by atoms with E-state index < -0.39 is 0 Å². The van der Waals surface area contributed by atoms with Crippen LogP contribution in [0.25, 0.3) is 0 Å². The van der Waals surface area contributed by atoms with E-state index in [0.29, 0.717) is 33.8 Å². The molecule has 0 aliphatic rings. The number of benzene rings is 1. The summed E-state index contributed by atoms with van der Waals surface area (Å²) in [5.41, 5.74) is 2.05. The molecule has 1 amide bonds. The summed E-state index contributed by atoms with van der Waals surface area (Å²) in [7, 11) is 0. The van der Waals surface area contributed by atoms with Crippen LogP contribution in [0.4, 0.5) is 11.5 Å². The van der Waals surface area contributed by atoms with E-state index in [4.69, 9.17) is 23.2 Å². The van der Waals surface area contributed by atoms with E-state index in [9.17, 15) is 4.79 Å². The van der Waals surface area contributed by atoms with Gasteiger partial charge in [0.25, 0.3) is 5.91 Å². The monoisotopic (exact) mass is 372 g/mol. The number of hydrogen-bond acceptors (Lipinski definition) is 4. The molecule has 0 aliphatic carbocycles. The Morgan fingerprint density at radius 2 is 1.68 bits per heavy atom. The maximum absolute atomic E-state index is 12.6. The lowest BCUT2D eigenvalue weighted by Crippen LogP contribution is -2.16. The third-order valence-corrected chi connectivity index (χ3v) is 3.88. The van der Waals surface area contributed by atoms with Gasteiger partial charge >= 0.3 is 0 Å². The molecular formula is C18H14Cl2N4O. The van der Waals surface area contributed by atoms with Crippen LogP contribution in [0.3, 0.4) is 0 Å². The van der Waals surface area contributed by atoms with Crippen molar-refractivity contribution in [3.63, 3.8) is 0 Å². The lowest BCUT2D eigenvalue weighted by Gasteiger charge is -2.12. The standard InChI is InChI=1S/C18H14Cl2N4O/c19-13-1-3-14(4-2-13)23-18(25)15-5-6-16(20)24-17(15)22-11-12-7-9-21-10-8-12/h1-10H,11H2,(H,22,24)(H,23,25). The molecule has 0 saturated carbocycles. The van der Waals surface area contributed by atoms with Crippen LogP contribution in [0.2, 0.25) is 10.2 Å². The van der Waals surface area contributed by atoms with Crippen LogP contribution in [-0.2, 0) is 6.54 Å². The van der Waals surface area contributed by atoms with E-state index in [1.54, 1.807) is 48.8 Å². The van der Waals surface area contributed by atoms with Gasteiger partial charge in [0.15, 0.2) is 0 Å². The molecule has 5 nitrogen and oxygen atoms in total. The predicted octanol–water partition coefficient (Wildman–Crippen LogP) is 4.65. The van der Waals surface area contributed by atoms with E-state index >= 15 is 0 Å². The Morgan fingerprint density at radius 3 is 2.40 bits per heavy atom. The van der Waals surface area contributed by atoms with Crippen LogP contribution in [0.5, 0.6) is 0 Å². The minimum absolute atomic E-state index is 0.288.